The maximum atomic E-state index is 13.9. The molecule has 0 unspecified atom stereocenters. The zero-order valence-electron chi connectivity index (χ0n) is 12.8. The summed E-state index contributed by atoms with van der Waals surface area (Å²) in [6.07, 6.45) is -0.0355. The molecule has 0 spiro atoms. The number of hydrogen-bond donors (Lipinski definition) is 2. The lowest BCUT2D eigenvalue weighted by Crippen LogP contribution is -2.19. The Morgan fingerprint density at radius 2 is 1.95 bits per heavy atom. The predicted octanol–water partition coefficient (Wildman–Crippen LogP) is 2.62. The third-order valence-electron chi connectivity index (χ3n) is 3.42. The fourth-order valence-electron chi connectivity index (χ4n) is 2.36. The number of halogens is 1. The molecule has 118 valence electrons. The molecule has 1 aromatic heterocycles. The number of carboxylic acid groups (broad SMARTS) is 1. The third kappa shape index (κ3) is 3.10. The van der Waals surface area contributed by atoms with E-state index in [1.807, 2.05) is 20.8 Å². The molecule has 0 fully saturated rings. The highest BCUT2D eigenvalue weighted by atomic mass is 19.1. The zero-order chi connectivity index (χ0) is 16.5. The van der Waals surface area contributed by atoms with Crippen LogP contribution in [-0.2, 0) is 16.6 Å². The lowest BCUT2D eigenvalue weighted by atomic mass is 9.88. The van der Waals surface area contributed by atoms with E-state index in [0.717, 1.165) is 4.68 Å². The van der Waals surface area contributed by atoms with Gasteiger partial charge >= 0.3 is 5.97 Å². The molecule has 0 radical (unpaired) electrons. The number of hydrogen-bond acceptors (Lipinski definition) is 2. The molecule has 2 rings (SSSR count). The molecule has 0 bridgehead atoms. The van der Waals surface area contributed by atoms with Crippen molar-refractivity contribution >= 4 is 5.97 Å². The number of aliphatic carboxylic acids is 1. The summed E-state index contributed by atoms with van der Waals surface area (Å²) in [7, 11) is 0. The second-order valence-electron chi connectivity index (χ2n) is 6.20. The van der Waals surface area contributed by atoms with Crippen molar-refractivity contribution in [3.8, 4) is 5.69 Å². The van der Waals surface area contributed by atoms with E-state index < -0.39 is 17.3 Å². The molecular weight excluding hydrogens is 287 g/mol. The van der Waals surface area contributed by atoms with Crippen molar-refractivity contribution in [3.05, 3.63) is 51.7 Å². The van der Waals surface area contributed by atoms with E-state index >= 15 is 0 Å². The van der Waals surface area contributed by atoms with Gasteiger partial charge < -0.3 is 5.11 Å². The number of rotatable bonds is 4. The summed E-state index contributed by atoms with van der Waals surface area (Å²) >= 11 is 0. The zero-order valence-corrected chi connectivity index (χ0v) is 12.8. The highest BCUT2D eigenvalue weighted by Gasteiger charge is 2.25. The van der Waals surface area contributed by atoms with Crippen LogP contribution in [0.1, 0.15) is 38.4 Å². The molecule has 6 heteroatoms. The Balaban J connectivity index is 2.61. The maximum Gasteiger partial charge on any atom is 0.303 e. The van der Waals surface area contributed by atoms with Crippen LogP contribution in [0.15, 0.2) is 29.1 Å². The number of carboxylic acids is 1. The fraction of sp³-hybridized carbons (Fsp3) is 0.375. The van der Waals surface area contributed by atoms with Gasteiger partial charge in [-0.1, -0.05) is 32.9 Å². The molecule has 2 N–H and O–H groups in total. The van der Waals surface area contributed by atoms with Crippen LogP contribution in [0.4, 0.5) is 4.39 Å². The number of aromatic nitrogens is 2. The van der Waals surface area contributed by atoms with Crippen molar-refractivity contribution in [2.75, 3.05) is 0 Å². The minimum Gasteiger partial charge on any atom is -0.481 e. The molecule has 0 aliphatic carbocycles. The number of para-hydroxylation sites is 1. The summed E-state index contributed by atoms with van der Waals surface area (Å²) < 4.78 is 15.1. The quantitative estimate of drug-likeness (QED) is 0.911. The maximum absolute atomic E-state index is 13.9. The van der Waals surface area contributed by atoms with Crippen LogP contribution in [0.2, 0.25) is 0 Å². The molecule has 0 amide bonds. The third-order valence-corrected chi connectivity index (χ3v) is 3.42. The summed E-state index contributed by atoms with van der Waals surface area (Å²) in [5, 5.41) is 11.8. The summed E-state index contributed by atoms with van der Waals surface area (Å²) in [4.78, 5) is 23.4. The molecule has 0 saturated carbocycles. The molecule has 0 aliphatic rings. The van der Waals surface area contributed by atoms with E-state index in [9.17, 15) is 14.0 Å². The van der Waals surface area contributed by atoms with Crippen molar-refractivity contribution in [2.24, 2.45) is 0 Å². The van der Waals surface area contributed by atoms with Crippen LogP contribution in [0.3, 0.4) is 0 Å². The number of benzene rings is 1. The van der Waals surface area contributed by atoms with Gasteiger partial charge in [0.15, 0.2) is 0 Å². The first kappa shape index (κ1) is 16.0. The van der Waals surface area contributed by atoms with Crippen molar-refractivity contribution in [1.29, 1.82) is 0 Å². The Morgan fingerprint density at radius 3 is 2.50 bits per heavy atom. The predicted molar refractivity (Wildman–Crippen MR) is 81.0 cm³/mol. The van der Waals surface area contributed by atoms with Crippen LogP contribution < -0.4 is 5.56 Å². The fourth-order valence-corrected chi connectivity index (χ4v) is 2.36. The Bertz CT molecular complexity index is 753. The number of nitrogens with zero attached hydrogens (tertiary/aromatic N) is 1. The first-order valence-corrected chi connectivity index (χ1v) is 7.03. The van der Waals surface area contributed by atoms with Crippen LogP contribution in [0.25, 0.3) is 5.69 Å². The number of H-pyrrole nitrogens is 1. The van der Waals surface area contributed by atoms with Gasteiger partial charge in [0.05, 0.1) is 0 Å². The van der Waals surface area contributed by atoms with E-state index in [1.54, 1.807) is 12.1 Å². The average molecular weight is 306 g/mol. The van der Waals surface area contributed by atoms with Gasteiger partial charge in [0.2, 0.25) is 0 Å². The van der Waals surface area contributed by atoms with E-state index in [2.05, 4.69) is 5.10 Å². The molecule has 0 saturated heterocycles. The average Bonchev–Trinajstić information content (AvgIpc) is 2.74. The molecule has 1 heterocycles. The topological polar surface area (TPSA) is 75.1 Å². The minimum atomic E-state index is -0.974. The number of carbonyl (C=O) groups is 1. The van der Waals surface area contributed by atoms with E-state index in [4.69, 9.17) is 5.11 Å². The Morgan fingerprint density at radius 1 is 1.32 bits per heavy atom. The van der Waals surface area contributed by atoms with Crippen molar-refractivity contribution in [2.45, 2.75) is 39.0 Å². The largest absolute Gasteiger partial charge is 0.481 e. The van der Waals surface area contributed by atoms with Crippen molar-refractivity contribution < 1.29 is 14.3 Å². The Hall–Kier alpha value is -2.37. The van der Waals surface area contributed by atoms with Crippen molar-refractivity contribution in [3.63, 3.8) is 0 Å². The Kier molecular flexibility index (Phi) is 4.21. The van der Waals surface area contributed by atoms with Crippen LogP contribution in [-0.4, -0.2) is 20.9 Å². The molecule has 5 nitrogen and oxygen atoms in total. The summed E-state index contributed by atoms with van der Waals surface area (Å²) in [6.45, 7) is 5.73. The first-order chi connectivity index (χ1) is 10.2. The summed E-state index contributed by atoms with van der Waals surface area (Å²) in [6, 6.07) is 5.96. The van der Waals surface area contributed by atoms with Gasteiger partial charge in [-0.3, -0.25) is 14.7 Å². The Labute approximate surface area is 127 Å². The van der Waals surface area contributed by atoms with Gasteiger partial charge in [0.1, 0.15) is 11.5 Å². The summed E-state index contributed by atoms with van der Waals surface area (Å²) in [5.41, 5.74) is 0.347. The molecule has 0 atom stereocenters. The standard InChI is InChI=1S/C16H19FN2O3/c1-16(2,3)14-10(8-9-13(20)21)15(22)19(18-14)12-7-5-4-6-11(12)17/h4-7,18H,8-9H2,1-3H3,(H,20,21). The molecule has 22 heavy (non-hydrogen) atoms. The van der Waals surface area contributed by atoms with Gasteiger partial charge in [-0.25, -0.2) is 9.07 Å². The van der Waals surface area contributed by atoms with Gasteiger partial charge in [0.25, 0.3) is 5.56 Å². The SMILES string of the molecule is CC(C)(C)c1[nH]n(-c2ccccc2F)c(=O)c1CCC(=O)O. The summed E-state index contributed by atoms with van der Waals surface area (Å²) in [5.74, 6) is -1.49. The van der Waals surface area contributed by atoms with Crippen molar-refractivity contribution in [1.82, 2.24) is 9.78 Å². The van der Waals surface area contributed by atoms with Crippen LogP contribution in [0.5, 0.6) is 0 Å². The molecule has 0 aliphatic heterocycles. The van der Waals surface area contributed by atoms with Gasteiger partial charge in [0, 0.05) is 23.1 Å². The molecule has 2 aromatic rings. The van der Waals surface area contributed by atoms with Crippen LogP contribution in [0, 0.1) is 5.82 Å². The van der Waals surface area contributed by atoms with Gasteiger partial charge in [-0.15, -0.1) is 0 Å². The highest BCUT2D eigenvalue weighted by molar-refractivity contribution is 5.67. The lowest BCUT2D eigenvalue weighted by molar-refractivity contribution is -0.136. The first-order valence-electron chi connectivity index (χ1n) is 7.03. The van der Waals surface area contributed by atoms with Gasteiger partial charge in [-0.05, 0) is 18.6 Å². The normalized spacial score (nSPS) is 11.6. The molecular formula is C16H19FN2O3. The monoisotopic (exact) mass is 306 g/mol. The number of nitrogens with one attached hydrogen (secondary N) is 1. The second kappa shape index (κ2) is 5.79. The second-order valence-corrected chi connectivity index (χ2v) is 6.20. The van der Waals surface area contributed by atoms with E-state index in [-0.39, 0.29) is 23.9 Å². The highest BCUT2D eigenvalue weighted by Crippen LogP contribution is 2.24. The molecule has 1 aromatic carbocycles. The minimum absolute atomic E-state index is 0.110. The van der Waals surface area contributed by atoms with Gasteiger partial charge in [-0.2, -0.15) is 0 Å². The van der Waals surface area contributed by atoms with Crippen LogP contribution >= 0.6 is 0 Å². The van der Waals surface area contributed by atoms with E-state index in [0.29, 0.717) is 11.3 Å². The van der Waals surface area contributed by atoms with E-state index in [1.165, 1.54) is 12.1 Å². The smallest absolute Gasteiger partial charge is 0.303 e. The number of aromatic amines is 1. The lowest BCUT2D eigenvalue weighted by Gasteiger charge is -2.18.